The highest BCUT2D eigenvalue weighted by atomic mass is 31.2. The summed E-state index contributed by atoms with van der Waals surface area (Å²) in [4.78, 5) is 26.6. The molecule has 0 aliphatic rings. The highest BCUT2D eigenvalue weighted by molar-refractivity contribution is 7.51. The molecule has 0 aliphatic carbocycles. The van der Waals surface area contributed by atoms with Crippen LogP contribution in [0.3, 0.4) is 0 Å². The Labute approximate surface area is 57.8 Å². The second kappa shape index (κ2) is 3.14. The summed E-state index contributed by atoms with van der Waals surface area (Å²) in [6.07, 6.45) is -0.595. The summed E-state index contributed by atoms with van der Waals surface area (Å²) >= 11 is 0. The maximum atomic E-state index is 10.2. The van der Waals surface area contributed by atoms with Crippen LogP contribution in [0.1, 0.15) is 6.92 Å². The quantitative estimate of drug-likeness (QED) is 0.511. The van der Waals surface area contributed by atoms with Crippen LogP contribution in [0.15, 0.2) is 0 Å². The van der Waals surface area contributed by atoms with Gasteiger partial charge in [-0.05, 0) is 0 Å². The lowest BCUT2D eigenvalue weighted by Crippen LogP contribution is -2.13. The zero-order chi connectivity index (χ0) is 8.36. The van der Waals surface area contributed by atoms with E-state index in [0.29, 0.717) is 0 Å². The standard InChI is InChI=1S/C4H9O5P/c1-3(4(5)6)2-10(7,8)9/h3H,2H2,1H3,(H,5,6)(H2,7,8,9). The van der Waals surface area contributed by atoms with Gasteiger partial charge in [-0.3, -0.25) is 9.36 Å². The molecule has 0 spiro atoms. The third kappa shape index (κ3) is 4.49. The third-order valence-corrected chi connectivity index (χ3v) is 1.96. The normalized spacial score (nSPS) is 14.7. The molecule has 60 valence electrons. The van der Waals surface area contributed by atoms with Crippen LogP contribution in [-0.4, -0.2) is 27.0 Å². The van der Waals surface area contributed by atoms with Gasteiger partial charge < -0.3 is 14.9 Å². The van der Waals surface area contributed by atoms with Crippen LogP contribution in [0, 0.1) is 5.92 Å². The molecule has 0 radical (unpaired) electrons. The average molecular weight is 168 g/mol. The van der Waals surface area contributed by atoms with Crippen LogP contribution >= 0.6 is 7.60 Å². The van der Waals surface area contributed by atoms with Crippen molar-refractivity contribution in [2.45, 2.75) is 6.92 Å². The van der Waals surface area contributed by atoms with Gasteiger partial charge >= 0.3 is 13.6 Å². The minimum absolute atomic E-state index is 0.595. The fourth-order valence-electron chi connectivity index (χ4n) is 0.435. The lowest BCUT2D eigenvalue weighted by molar-refractivity contribution is -0.140. The zero-order valence-electron chi connectivity index (χ0n) is 5.39. The van der Waals surface area contributed by atoms with Crippen LogP contribution in [0.2, 0.25) is 0 Å². The highest BCUT2D eigenvalue weighted by Crippen LogP contribution is 2.36. The summed E-state index contributed by atoms with van der Waals surface area (Å²) in [7, 11) is -4.16. The van der Waals surface area contributed by atoms with Gasteiger partial charge in [-0.2, -0.15) is 0 Å². The summed E-state index contributed by atoms with van der Waals surface area (Å²) in [5.74, 6) is -2.18. The Hall–Kier alpha value is -0.380. The predicted molar refractivity (Wildman–Crippen MR) is 33.7 cm³/mol. The van der Waals surface area contributed by atoms with Crippen LogP contribution < -0.4 is 0 Å². The van der Waals surface area contributed by atoms with Gasteiger partial charge in [-0.25, -0.2) is 0 Å². The monoisotopic (exact) mass is 168 g/mol. The molecule has 5 nitrogen and oxygen atoms in total. The number of hydrogen-bond acceptors (Lipinski definition) is 2. The van der Waals surface area contributed by atoms with E-state index in [0.717, 1.165) is 0 Å². The molecule has 0 saturated heterocycles. The predicted octanol–water partition coefficient (Wildman–Crippen LogP) is -0.115. The van der Waals surface area contributed by atoms with Crippen molar-refractivity contribution in [1.82, 2.24) is 0 Å². The molecule has 0 amide bonds. The SMILES string of the molecule is CC(CP(=O)(O)O)C(=O)O. The first-order valence-corrected chi connectivity index (χ1v) is 4.40. The van der Waals surface area contributed by atoms with Crippen LogP contribution in [0.5, 0.6) is 0 Å². The van der Waals surface area contributed by atoms with E-state index < -0.39 is 25.6 Å². The first-order valence-electron chi connectivity index (χ1n) is 2.60. The van der Waals surface area contributed by atoms with Gasteiger partial charge in [-0.1, -0.05) is 6.92 Å². The van der Waals surface area contributed by atoms with Crippen molar-refractivity contribution in [1.29, 1.82) is 0 Å². The molecule has 1 atom stereocenters. The van der Waals surface area contributed by atoms with Crippen molar-refractivity contribution in [3.63, 3.8) is 0 Å². The Morgan fingerprint density at radius 1 is 1.60 bits per heavy atom. The topological polar surface area (TPSA) is 94.8 Å². The summed E-state index contributed by atoms with van der Waals surface area (Å²) in [6.45, 7) is 1.25. The van der Waals surface area contributed by atoms with E-state index in [9.17, 15) is 9.36 Å². The molecule has 1 unspecified atom stereocenters. The molecular weight excluding hydrogens is 159 g/mol. The molecule has 0 heterocycles. The van der Waals surface area contributed by atoms with E-state index in [2.05, 4.69) is 0 Å². The molecule has 10 heavy (non-hydrogen) atoms. The van der Waals surface area contributed by atoms with Crippen LogP contribution in [0.25, 0.3) is 0 Å². The number of carboxylic acid groups (broad SMARTS) is 1. The number of carboxylic acids is 1. The summed E-state index contributed by atoms with van der Waals surface area (Å²) in [5, 5.41) is 8.20. The number of hydrogen-bond donors (Lipinski definition) is 3. The molecule has 0 saturated carbocycles. The lowest BCUT2D eigenvalue weighted by atomic mass is 10.2. The van der Waals surface area contributed by atoms with Gasteiger partial charge in [-0.15, -0.1) is 0 Å². The van der Waals surface area contributed by atoms with E-state index in [1.807, 2.05) is 0 Å². The fraction of sp³-hybridized carbons (Fsp3) is 0.750. The first kappa shape index (κ1) is 9.62. The zero-order valence-corrected chi connectivity index (χ0v) is 6.28. The van der Waals surface area contributed by atoms with Gasteiger partial charge in [0, 0.05) is 0 Å². The highest BCUT2D eigenvalue weighted by Gasteiger charge is 2.22. The Bertz CT molecular complexity index is 170. The molecule has 3 N–H and O–H groups in total. The molecule has 0 aromatic heterocycles. The maximum Gasteiger partial charge on any atom is 0.326 e. The minimum atomic E-state index is -4.16. The van der Waals surface area contributed by atoms with Crippen molar-refractivity contribution in [2.24, 2.45) is 5.92 Å². The van der Waals surface area contributed by atoms with E-state index >= 15 is 0 Å². The van der Waals surface area contributed by atoms with Gasteiger partial charge in [0.15, 0.2) is 0 Å². The summed E-state index contributed by atoms with van der Waals surface area (Å²) < 4.78 is 10.2. The van der Waals surface area contributed by atoms with E-state index in [4.69, 9.17) is 14.9 Å². The lowest BCUT2D eigenvalue weighted by Gasteiger charge is -2.06. The van der Waals surface area contributed by atoms with E-state index in [1.165, 1.54) is 6.92 Å². The number of carbonyl (C=O) groups is 1. The Morgan fingerprint density at radius 3 is 2.10 bits per heavy atom. The van der Waals surface area contributed by atoms with Gasteiger partial charge in [0.05, 0.1) is 12.1 Å². The first-order chi connectivity index (χ1) is 4.33. The number of aliphatic carboxylic acids is 1. The maximum absolute atomic E-state index is 10.2. The van der Waals surface area contributed by atoms with Crippen molar-refractivity contribution in [3.8, 4) is 0 Å². The Kier molecular flexibility index (Phi) is 3.02. The largest absolute Gasteiger partial charge is 0.481 e. The summed E-state index contributed by atoms with van der Waals surface area (Å²) in [5.41, 5.74) is 0. The van der Waals surface area contributed by atoms with E-state index in [1.54, 1.807) is 0 Å². The van der Waals surface area contributed by atoms with Crippen LogP contribution in [0.4, 0.5) is 0 Å². The van der Waals surface area contributed by atoms with Crippen molar-refractivity contribution in [3.05, 3.63) is 0 Å². The van der Waals surface area contributed by atoms with E-state index in [-0.39, 0.29) is 0 Å². The molecule has 0 aromatic rings. The molecule has 0 aliphatic heterocycles. The Morgan fingerprint density at radius 2 is 2.00 bits per heavy atom. The molecule has 0 fully saturated rings. The second-order valence-electron chi connectivity index (χ2n) is 2.09. The molecule has 0 rings (SSSR count). The van der Waals surface area contributed by atoms with Crippen molar-refractivity contribution >= 4 is 13.6 Å². The number of rotatable bonds is 3. The third-order valence-electron chi connectivity index (χ3n) is 0.933. The second-order valence-corrected chi connectivity index (χ2v) is 3.78. The van der Waals surface area contributed by atoms with Gasteiger partial charge in [0.2, 0.25) is 0 Å². The fourth-order valence-corrected chi connectivity index (χ4v) is 1.30. The molecule has 0 bridgehead atoms. The molecule has 6 heteroatoms. The van der Waals surface area contributed by atoms with Crippen LogP contribution in [-0.2, 0) is 9.36 Å². The molecule has 0 aromatic carbocycles. The van der Waals surface area contributed by atoms with Crippen molar-refractivity contribution < 1.29 is 24.3 Å². The summed E-state index contributed by atoms with van der Waals surface area (Å²) in [6, 6.07) is 0. The van der Waals surface area contributed by atoms with Gasteiger partial charge in [0.1, 0.15) is 0 Å². The van der Waals surface area contributed by atoms with Gasteiger partial charge in [0.25, 0.3) is 0 Å². The van der Waals surface area contributed by atoms with Crippen molar-refractivity contribution in [2.75, 3.05) is 6.16 Å². The minimum Gasteiger partial charge on any atom is -0.481 e. The smallest absolute Gasteiger partial charge is 0.326 e. The Balaban J connectivity index is 3.93. The average Bonchev–Trinajstić information content (AvgIpc) is 1.60. The molecular formula is C4H9O5P.